The number of hydrogen-bond acceptors (Lipinski definition) is 0. The molecule has 7 atom stereocenters. The summed E-state index contributed by atoms with van der Waals surface area (Å²) in [6, 6.07) is 0. The van der Waals surface area contributed by atoms with E-state index < -0.39 is 0 Å². The van der Waals surface area contributed by atoms with Gasteiger partial charge in [-0.25, -0.2) is 0 Å². The van der Waals surface area contributed by atoms with E-state index in [-0.39, 0.29) is 0 Å². The second-order valence-corrected chi connectivity index (χ2v) is 11.2. The molecular weight excluding hydrogens is 300 g/mol. The molecule has 0 bridgehead atoms. The van der Waals surface area contributed by atoms with Crippen LogP contribution in [0.3, 0.4) is 0 Å². The highest BCUT2D eigenvalue weighted by atomic mass is 14.6. The standard InChI is InChI=1S/C25H44/c1-8-18(3)12-17-25(7)22-14-16-24(6)19(9-2)10-11-21(24)20(22)13-15-23(25,4)5/h8,18-22H,1,9-17H2,2-7H3. The lowest BCUT2D eigenvalue weighted by molar-refractivity contribution is -0.132. The zero-order valence-electron chi connectivity index (χ0n) is 18.0. The molecule has 3 rings (SSSR count). The Labute approximate surface area is 158 Å². The molecule has 3 aliphatic carbocycles. The van der Waals surface area contributed by atoms with Gasteiger partial charge in [0.05, 0.1) is 0 Å². The molecule has 0 nitrogen and oxygen atoms in total. The number of hydrogen-bond donors (Lipinski definition) is 0. The predicted octanol–water partition coefficient (Wildman–Crippen LogP) is 7.88. The van der Waals surface area contributed by atoms with Crippen molar-refractivity contribution in [3.63, 3.8) is 0 Å². The lowest BCUT2D eigenvalue weighted by Crippen LogP contribution is -2.54. The highest BCUT2D eigenvalue weighted by molar-refractivity contribution is 5.10. The van der Waals surface area contributed by atoms with Gasteiger partial charge in [-0.15, -0.1) is 6.58 Å². The highest BCUT2D eigenvalue weighted by Gasteiger charge is 2.60. The number of rotatable bonds is 5. The molecule has 0 aromatic carbocycles. The maximum Gasteiger partial charge on any atom is -0.0243 e. The molecule has 0 radical (unpaired) electrons. The fourth-order valence-electron chi connectivity index (χ4n) is 7.74. The van der Waals surface area contributed by atoms with E-state index in [9.17, 15) is 0 Å². The number of allylic oxidation sites excluding steroid dienone is 1. The van der Waals surface area contributed by atoms with Crippen LogP contribution in [0.5, 0.6) is 0 Å². The first-order valence-electron chi connectivity index (χ1n) is 11.3. The van der Waals surface area contributed by atoms with Gasteiger partial charge in [0.25, 0.3) is 0 Å². The van der Waals surface area contributed by atoms with Crippen LogP contribution in [-0.4, -0.2) is 0 Å². The quantitative estimate of drug-likeness (QED) is 0.445. The van der Waals surface area contributed by atoms with Crippen molar-refractivity contribution < 1.29 is 0 Å². The summed E-state index contributed by atoms with van der Waals surface area (Å²) in [4.78, 5) is 0. The molecule has 0 aromatic heterocycles. The van der Waals surface area contributed by atoms with Gasteiger partial charge < -0.3 is 0 Å². The van der Waals surface area contributed by atoms with Gasteiger partial charge in [-0.2, -0.15) is 0 Å². The Morgan fingerprint density at radius 2 is 1.72 bits per heavy atom. The van der Waals surface area contributed by atoms with Gasteiger partial charge in [-0.1, -0.05) is 54.0 Å². The van der Waals surface area contributed by atoms with Gasteiger partial charge >= 0.3 is 0 Å². The smallest absolute Gasteiger partial charge is 0.0243 e. The summed E-state index contributed by atoms with van der Waals surface area (Å²) < 4.78 is 0. The van der Waals surface area contributed by atoms with E-state index in [0.717, 1.165) is 23.7 Å². The summed E-state index contributed by atoms with van der Waals surface area (Å²) >= 11 is 0. The van der Waals surface area contributed by atoms with E-state index in [1.54, 1.807) is 0 Å². The molecule has 0 aromatic rings. The average molecular weight is 345 g/mol. The molecule has 0 aliphatic heterocycles. The Balaban J connectivity index is 1.86. The van der Waals surface area contributed by atoms with Crippen LogP contribution in [0, 0.1) is 45.8 Å². The Kier molecular flexibility index (Phi) is 5.24. The molecule has 3 fully saturated rings. The molecule has 0 heteroatoms. The van der Waals surface area contributed by atoms with Crippen LogP contribution in [0.25, 0.3) is 0 Å². The SMILES string of the molecule is C=CC(C)CCC1(C)C2CCC3(C)C(CC)CCC3C2CCC1(C)C. The minimum Gasteiger partial charge on any atom is -0.103 e. The van der Waals surface area contributed by atoms with Gasteiger partial charge in [0.15, 0.2) is 0 Å². The monoisotopic (exact) mass is 344 g/mol. The zero-order valence-corrected chi connectivity index (χ0v) is 18.0. The molecule has 25 heavy (non-hydrogen) atoms. The minimum absolute atomic E-state index is 0.492. The highest BCUT2D eigenvalue weighted by Crippen LogP contribution is 2.69. The molecule has 0 N–H and O–H groups in total. The lowest BCUT2D eigenvalue weighted by atomic mass is 9.42. The van der Waals surface area contributed by atoms with Gasteiger partial charge in [0, 0.05) is 0 Å². The Morgan fingerprint density at radius 1 is 1.00 bits per heavy atom. The number of fused-ring (bicyclic) bond motifs is 3. The van der Waals surface area contributed by atoms with Crippen LogP contribution >= 0.6 is 0 Å². The van der Waals surface area contributed by atoms with Crippen LogP contribution in [0.1, 0.15) is 99.3 Å². The van der Waals surface area contributed by atoms with Gasteiger partial charge in [0.1, 0.15) is 0 Å². The van der Waals surface area contributed by atoms with Crippen molar-refractivity contribution in [3.05, 3.63) is 12.7 Å². The van der Waals surface area contributed by atoms with Crippen molar-refractivity contribution in [1.82, 2.24) is 0 Å². The Morgan fingerprint density at radius 3 is 2.36 bits per heavy atom. The molecule has 3 aliphatic rings. The second-order valence-electron chi connectivity index (χ2n) is 11.2. The fourth-order valence-corrected chi connectivity index (χ4v) is 7.74. The van der Waals surface area contributed by atoms with Crippen LogP contribution in [0.15, 0.2) is 12.7 Å². The third-order valence-corrected chi connectivity index (χ3v) is 10.1. The molecule has 144 valence electrons. The average Bonchev–Trinajstić information content (AvgIpc) is 2.92. The van der Waals surface area contributed by atoms with Gasteiger partial charge in [-0.3, -0.25) is 0 Å². The summed E-state index contributed by atoms with van der Waals surface area (Å²) in [5.74, 6) is 4.65. The first-order chi connectivity index (χ1) is 11.7. The van der Waals surface area contributed by atoms with Gasteiger partial charge in [-0.05, 0) is 97.2 Å². The van der Waals surface area contributed by atoms with Crippen molar-refractivity contribution in [3.8, 4) is 0 Å². The Bertz CT molecular complexity index is 488. The summed E-state index contributed by atoms with van der Waals surface area (Å²) in [7, 11) is 0. The fraction of sp³-hybridized carbons (Fsp3) is 0.920. The molecule has 0 spiro atoms. The topological polar surface area (TPSA) is 0 Å². The summed E-state index contributed by atoms with van der Waals surface area (Å²) in [6.45, 7) is 19.3. The largest absolute Gasteiger partial charge is 0.103 e. The maximum absolute atomic E-state index is 4.04. The second kappa shape index (κ2) is 6.72. The van der Waals surface area contributed by atoms with Crippen molar-refractivity contribution >= 4 is 0 Å². The molecule has 0 saturated heterocycles. The van der Waals surface area contributed by atoms with Crippen molar-refractivity contribution in [2.24, 2.45) is 45.8 Å². The first kappa shape index (κ1) is 19.5. The first-order valence-corrected chi connectivity index (χ1v) is 11.3. The van der Waals surface area contributed by atoms with Crippen LogP contribution < -0.4 is 0 Å². The van der Waals surface area contributed by atoms with E-state index in [1.807, 2.05) is 0 Å². The lowest BCUT2D eigenvalue weighted by Gasteiger charge is -2.62. The molecule has 3 saturated carbocycles. The van der Waals surface area contributed by atoms with E-state index in [1.165, 1.54) is 57.8 Å². The summed E-state index contributed by atoms with van der Waals surface area (Å²) in [5, 5.41) is 0. The van der Waals surface area contributed by atoms with Crippen LogP contribution in [-0.2, 0) is 0 Å². The van der Waals surface area contributed by atoms with Crippen molar-refractivity contribution in [2.45, 2.75) is 99.3 Å². The normalized spacial score (nSPS) is 47.0. The molecule has 0 amide bonds. The molecular formula is C25H44. The van der Waals surface area contributed by atoms with Crippen molar-refractivity contribution in [1.29, 1.82) is 0 Å². The minimum atomic E-state index is 0.492. The van der Waals surface area contributed by atoms with E-state index in [2.05, 4.69) is 54.2 Å². The zero-order chi connectivity index (χ0) is 18.5. The predicted molar refractivity (Wildman–Crippen MR) is 111 cm³/mol. The Hall–Kier alpha value is -0.260. The molecule has 7 unspecified atom stereocenters. The van der Waals surface area contributed by atoms with Crippen molar-refractivity contribution in [2.75, 3.05) is 0 Å². The van der Waals surface area contributed by atoms with E-state index >= 15 is 0 Å². The van der Waals surface area contributed by atoms with E-state index in [4.69, 9.17) is 0 Å². The summed E-state index contributed by atoms with van der Waals surface area (Å²) in [5.41, 5.74) is 1.66. The van der Waals surface area contributed by atoms with Gasteiger partial charge in [0.2, 0.25) is 0 Å². The third-order valence-electron chi connectivity index (χ3n) is 10.1. The maximum atomic E-state index is 4.04. The van der Waals surface area contributed by atoms with Crippen LogP contribution in [0.2, 0.25) is 0 Å². The third kappa shape index (κ3) is 2.94. The summed E-state index contributed by atoms with van der Waals surface area (Å²) in [6.07, 6.45) is 15.3. The van der Waals surface area contributed by atoms with E-state index in [0.29, 0.717) is 22.2 Å². The van der Waals surface area contributed by atoms with Crippen LogP contribution in [0.4, 0.5) is 0 Å². The molecule has 0 heterocycles.